The van der Waals surface area contributed by atoms with Crippen LogP contribution in [0.2, 0.25) is 0 Å². The first-order valence-electron chi connectivity index (χ1n) is 27.1. The average Bonchev–Trinajstić information content (AvgIpc) is 4.17. The minimum atomic E-state index is -4.34. The Hall–Kier alpha value is -6.62. The molecule has 0 aliphatic carbocycles. The van der Waals surface area contributed by atoms with E-state index in [9.17, 15) is 48.7 Å². The van der Waals surface area contributed by atoms with Crippen molar-refractivity contribution < 1.29 is 94.9 Å². The van der Waals surface area contributed by atoms with Crippen LogP contribution in [0.25, 0.3) is 10.8 Å². The minimum Gasteiger partial charge on any atom is -0.464 e. The summed E-state index contributed by atoms with van der Waals surface area (Å²) in [5, 5.41) is 49.5. The molecule has 0 bridgehead atoms. The van der Waals surface area contributed by atoms with Gasteiger partial charge in [0.1, 0.15) is 54.6 Å². The number of benzene rings is 4. The minimum absolute atomic E-state index is 0.0188. The zero-order valence-electron chi connectivity index (χ0n) is 46.8. The third kappa shape index (κ3) is 17.5. The standard InChI is InChI=1S/C32H34N2O9P.C27H38N2O9P/c1-21(32(38)40-19-23-10-4-3-5-11-23)33-44(39,43-27-16-8-13-24-12-6-7-15-26(24)27)41-20-28-29(36)30(37)31(42-28)34-17-9-14-25(18-34)22(2)35;1-5-20(6-2)16-35-27(33)18(3)28-39(34,38-22-12-8-7-9-13-22)36-17-23-24(31)25(32)26(37-23)29-14-10-11-21(15-29)19(4)30/h3-18,21,28-31,36-37H,19-20H2,1-2H3,(H,33,39);7-15,18,20,23-26,31-32H,5-6,16-17H2,1-4H3,(H,28,34)/q2*+1/t21-,28+,29?,30-,31+,44?;18-,23+,24?,25-,26+,39?/m00/s1. The summed E-state index contributed by atoms with van der Waals surface area (Å²) in [4.78, 5) is 49.0. The molecule has 24 heteroatoms. The molecule has 0 amide bonds. The van der Waals surface area contributed by atoms with E-state index in [1.165, 1.54) is 49.2 Å². The van der Waals surface area contributed by atoms with E-state index in [2.05, 4.69) is 10.2 Å². The molecule has 83 heavy (non-hydrogen) atoms. The fourth-order valence-electron chi connectivity index (χ4n) is 8.78. The molecular formula is C59H72N4O18P2+2. The number of aliphatic hydroxyl groups excluding tert-OH is 4. The van der Waals surface area contributed by atoms with Crippen LogP contribution in [-0.2, 0) is 53.3 Å². The fraction of sp³-hybridized carbons (Fsp3) is 0.390. The Morgan fingerprint density at radius 1 is 0.578 bits per heavy atom. The van der Waals surface area contributed by atoms with Gasteiger partial charge in [-0.25, -0.2) is 9.13 Å². The van der Waals surface area contributed by atoms with E-state index in [1.807, 2.05) is 62.4 Å². The van der Waals surface area contributed by atoms with Crippen molar-refractivity contribution in [1.82, 2.24) is 10.2 Å². The highest BCUT2D eigenvalue weighted by Gasteiger charge is 2.51. The van der Waals surface area contributed by atoms with Crippen LogP contribution in [0.15, 0.2) is 152 Å². The molecule has 2 saturated heterocycles. The monoisotopic (exact) mass is 1190 g/mol. The predicted molar refractivity (Wildman–Crippen MR) is 300 cm³/mol. The lowest BCUT2D eigenvalue weighted by atomic mass is 10.1. The topological polar surface area (TPSA) is 289 Å². The molecule has 0 saturated carbocycles. The number of nitrogens with zero attached hydrogens (tertiary/aromatic N) is 2. The van der Waals surface area contributed by atoms with Gasteiger partial charge in [0.2, 0.25) is 0 Å². The SMILES string of the molecule is CC(=O)c1ccc[n+]([C@@H]2O[C@H](COP(=O)(N[C@@H](C)C(=O)OCc3ccccc3)Oc3cccc4ccccc34)C(O)[C@@H]2O)c1.CCC(CC)COC(=O)[C@H](C)NP(=O)(OC[C@H]1O[C@@H]([n+]2cccc(C(C)=O)c2)[C@@H](O)C1O)Oc1ccccc1. The number of ether oxygens (including phenoxy) is 4. The number of hydrogen-bond acceptors (Lipinski definition) is 18. The predicted octanol–water partition coefficient (Wildman–Crippen LogP) is 6.83. The molecule has 2 aromatic heterocycles. The molecule has 0 radical (unpaired) electrons. The highest BCUT2D eigenvalue weighted by Crippen LogP contribution is 2.48. The number of esters is 2. The van der Waals surface area contributed by atoms with Crippen LogP contribution in [0.4, 0.5) is 0 Å². The molecule has 2 fully saturated rings. The number of nitrogens with one attached hydrogen (secondary N) is 2. The van der Waals surface area contributed by atoms with E-state index in [0.717, 1.165) is 23.8 Å². The number of Topliss-reactive ketones (excluding diaryl/α,β-unsaturated/α-hetero) is 2. The average molecular weight is 1190 g/mol. The Bertz CT molecular complexity index is 3230. The third-order valence-electron chi connectivity index (χ3n) is 13.7. The van der Waals surface area contributed by atoms with Gasteiger partial charge in [0.05, 0.1) is 30.9 Å². The lowest BCUT2D eigenvalue weighted by Crippen LogP contribution is -2.46. The lowest BCUT2D eigenvalue weighted by Gasteiger charge is -2.25. The highest BCUT2D eigenvalue weighted by atomic mass is 31.2. The Labute approximate surface area is 481 Å². The van der Waals surface area contributed by atoms with Crippen LogP contribution in [-0.4, -0.2) is 112 Å². The van der Waals surface area contributed by atoms with Crippen molar-refractivity contribution in [1.29, 1.82) is 0 Å². The summed E-state index contributed by atoms with van der Waals surface area (Å²) >= 11 is 0. The first-order valence-corrected chi connectivity index (χ1v) is 30.2. The summed E-state index contributed by atoms with van der Waals surface area (Å²) in [5.41, 5.74) is 1.58. The van der Waals surface area contributed by atoms with Crippen LogP contribution in [0.1, 0.15) is 93.1 Å². The zero-order chi connectivity index (χ0) is 59.8. The van der Waals surface area contributed by atoms with E-state index in [-0.39, 0.29) is 42.2 Å². The number of hydrogen-bond donors (Lipinski definition) is 6. The van der Waals surface area contributed by atoms with Gasteiger partial charge in [-0.2, -0.15) is 19.3 Å². The quantitative estimate of drug-likeness (QED) is 0.0140. The van der Waals surface area contributed by atoms with E-state index in [4.69, 9.17) is 37.0 Å². The van der Waals surface area contributed by atoms with Crippen molar-refractivity contribution in [3.05, 3.63) is 169 Å². The van der Waals surface area contributed by atoms with Gasteiger partial charge in [-0.05, 0) is 74.9 Å². The van der Waals surface area contributed by atoms with Gasteiger partial charge >= 0.3 is 27.4 Å². The summed E-state index contributed by atoms with van der Waals surface area (Å²) in [6.45, 7) is 9.16. The molecule has 22 nitrogen and oxygen atoms in total. The molecule has 4 aromatic carbocycles. The van der Waals surface area contributed by atoms with E-state index in [0.29, 0.717) is 16.5 Å². The molecule has 12 atom stereocenters. The highest BCUT2D eigenvalue weighted by molar-refractivity contribution is 7.52. The maximum atomic E-state index is 14.2. The van der Waals surface area contributed by atoms with Crippen molar-refractivity contribution in [2.75, 3.05) is 19.8 Å². The Morgan fingerprint density at radius 2 is 1.05 bits per heavy atom. The second kappa shape index (κ2) is 29.8. The molecule has 2 aliphatic heterocycles. The molecule has 6 aromatic rings. The second-order valence-electron chi connectivity index (χ2n) is 20.0. The molecule has 0 spiro atoms. The molecular weight excluding hydrogens is 1110 g/mol. The number of carbonyl (C=O) groups is 4. The number of rotatable bonds is 26. The first-order chi connectivity index (χ1) is 39.7. The lowest BCUT2D eigenvalue weighted by molar-refractivity contribution is -0.766. The van der Waals surface area contributed by atoms with Crippen LogP contribution >= 0.6 is 15.5 Å². The molecule has 444 valence electrons. The van der Waals surface area contributed by atoms with Crippen molar-refractivity contribution in [2.24, 2.45) is 5.92 Å². The smallest absolute Gasteiger partial charge is 0.459 e. The summed E-state index contributed by atoms with van der Waals surface area (Å²) in [7, 11) is -8.54. The summed E-state index contributed by atoms with van der Waals surface area (Å²) in [6, 6.07) is 34.3. The van der Waals surface area contributed by atoms with Gasteiger partial charge in [-0.3, -0.25) is 28.2 Å². The largest absolute Gasteiger partial charge is 0.464 e. The maximum Gasteiger partial charge on any atom is 0.459 e. The van der Waals surface area contributed by atoms with Gasteiger partial charge in [0.15, 0.2) is 48.6 Å². The third-order valence-corrected chi connectivity index (χ3v) is 17.0. The summed E-state index contributed by atoms with van der Waals surface area (Å²) < 4.78 is 76.4. The molecule has 4 heterocycles. The van der Waals surface area contributed by atoms with E-state index in [1.54, 1.807) is 91.3 Å². The van der Waals surface area contributed by atoms with Gasteiger partial charge in [0.25, 0.3) is 12.5 Å². The van der Waals surface area contributed by atoms with Crippen LogP contribution in [0, 0.1) is 5.92 Å². The Kier molecular flexibility index (Phi) is 22.9. The molecule has 6 N–H and O–H groups in total. The first kappa shape index (κ1) is 64.0. The van der Waals surface area contributed by atoms with Crippen molar-refractivity contribution in [3.63, 3.8) is 0 Å². The second-order valence-corrected chi connectivity index (χ2v) is 23.3. The number of aromatic nitrogens is 2. The van der Waals surface area contributed by atoms with E-state index < -0.39 is 102 Å². The Balaban J connectivity index is 0.000000241. The number of aliphatic hydroxyl groups is 4. The maximum absolute atomic E-state index is 14.2. The van der Waals surface area contributed by atoms with Gasteiger partial charge in [-0.1, -0.05) is 112 Å². The number of fused-ring (bicyclic) bond motifs is 1. The Morgan fingerprint density at radius 3 is 1.57 bits per heavy atom. The van der Waals surface area contributed by atoms with Crippen LogP contribution in [0.3, 0.4) is 0 Å². The molecule has 8 rings (SSSR count). The van der Waals surface area contributed by atoms with Crippen molar-refractivity contribution in [3.8, 4) is 11.5 Å². The van der Waals surface area contributed by atoms with Crippen LogP contribution < -0.4 is 28.4 Å². The number of ketones is 2. The molecule has 2 aliphatic rings. The number of pyridine rings is 2. The fourth-order valence-corrected chi connectivity index (χ4v) is 11.8. The van der Waals surface area contributed by atoms with E-state index >= 15 is 0 Å². The van der Waals surface area contributed by atoms with Crippen molar-refractivity contribution in [2.45, 2.75) is 122 Å². The normalized spacial score (nSPS) is 22.5. The molecule has 4 unspecified atom stereocenters. The number of para-hydroxylation sites is 1. The van der Waals surface area contributed by atoms with Gasteiger partial charge in [0, 0.05) is 17.5 Å². The zero-order valence-corrected chi connectivity index (χ0v) is 48.6. The van der Waals surface area contributed by atoms with Gasteiger partial charge in [-0.15, -0.1) is 0 Å². The van der Waals surface area contributed by atoms with Crippen LogP contribution in [0.5, 0.6) is 11.5 Å². The number of carbonyl (C=O) groups excluding carboxylic acids is 4. The summed E-state index contributed by atoms with van der Waals surface area (Å²) in [5.74, 6) is -0.958. The summed E-state index contributed by atoms with van der Waals surface area (Å²) in [6.07, 6.45) is -1.92. The van der Waals surface area contributed by atoms with Crippen molar-refractivity contribution >= 4 is 49.8 Å². The van der Waals surface area contributed by atoms with Gasteiger partial charge < -0.3 is 48.4 Å².